The van der Waals surface area contributed by atoms with Gasteiger partial charge in [-0.1, -0.05) is 11.6 Å². The average Bonchev–Trinajstić information content (AvgIpc) is 2.80. The highest BCUT2D eigenvalue weighted by molar-refractivity contribution is 7.91. The highest BCUT2D eigenvalue weighted by atomic mass is 35.5. The third-order valence-corrected chi connectivity index (χ3v) is 5.21. The summed E-state index contributed by atoms with van der Waals surface area (Å²) in [6.07, 6.45) is 0.676. The smallest absolute Gasteiger partial charge is 0.250 e. The molecule has 0 aliphatic carbocycles. The Kier molecular flexibility index (Phi) is 6.73. The first-order valence-electron chi connectivity index (χ1n) is 5.46. The van der Waals surface area contributed by atoms with E-state index in [1.165, 1.54) is 12.1 Å². The van der Waals surface area contributed by atoms with Crippen molar-refractivity contribution in [3.8, 4) is 0 Å². The second-order valence-corrected chi connectivity index (χ2v) is 7.29. The first kappa shape index (κ1) is 16.4. The first-order chi connectivity index (χ1) is 8.95. The van der Waals surface area contributed by atoms with E-state index in [-0.39, 0.29) is 16.7 Å². The highest BCUT2D eigenvalue weighted by Crippen LogP contribution is 2.25. The van der Waals surface area contributed by atoms with E-state index >= 15 is 0 Å². The van der Waals surface area contributed by atoms with Gasteiger partial charge in [0.1, 0.15) is 4.21 Å². The van der Waals surface area contributed by atoms with Crippen LogP contribution in [0.3, 0.4) is 0 Å². The normalized spacial score (nSPS) is 11.5. The van der Waals surface area contributed by atoms with E-state index in [2.05, 4.69) is 10.0 Å². The Hall–Kier alpha value is -0.670. The first-order valence-corrected chi connectivity index (χ1v) is 8.14. The van der Waals surface area contributed by atoms with E-state index in [1.54, 1.807) is 7.11 Å². The lowest BCUT2D eigenvalue weighted by molar-refractivity contribution is -0.120. The number of carbonyl (C=O) groups is 1. The van der Waals surface area contributed by atoms with Crippen LogP contribution < -0.4 is 10.0 Å². The van der Waals surface area contributed by atoms with Crippen LogP contribution in [0.4, 0.5) is 0 Å². The third kappa shape index (κ3) is 5.87. The van der Waals surface area contributed by atoms with Crippen LogP contribution in [0.15, 0.2) is 16.3 Å². The molecule has 0 aliphatic rings. The van der Waals surface area contributed by atoms with E-state index in [4.69, 9.17) is 16.3 Å². The molecule has 0 aromatic carbocycles. The fourth-order valence-electron chi connectivity index (χ4n) is 1.18. The van der Waals surface area contributed by atoms with Crippen molar-refractivity contribution in [2.45, 2.75) is 10.6 Å². The van der Waals surface area contributed by atoms with Gasteiger partial charge in [-0.2, -0.15) is 0 Å². The molecule has 0 saturated carbocycles. The zero-order valence-corrected chi connectivity index (χ0v) is 12.7. The minimum atomic E-state index is -3.67. The summed E-state index contributed by atoms with van der Waals surface area (Å²) in [6, 6.07) is 2.89. The third-order valence-electron chi connectivity index (χ3n) is 2.08. The molecule has 6 nitrogen and oxygen atoms in total. The van der Waals surface area contributed by atoms with Crippen molar-refractivity contribution >= 4 is 38.9 Å². The molecule has 1 rings (SSSR count). The lowest BCUT2D eigenvalue weighted by Gasteiger charge is -2.06. The molecule has 1 aromatic heterocycles. The van der Waals surface area contributed by atoms with Gasteiger partial charge in [0.25, 0.3) is 10.0 Å². The molecule has 0 fully saturated rings. The van der Waals surface area contributed by atoms with Gasteiger partial charge in [0.05, 0.1) is 10.9 Å². The molecule has 0 saturated heterocycles. The number of nitrogens with one attached hydrogen (secondary N) is 2. The number of amides is 1. The Morgan fingerprint density at radius 1 is 1.47 bits per heavy atom. The zero-order chi connectivity index (χ0) is 14.3. The lowest BCUT2D eigenvalue weighted by Crippen LogP contribution is -2.37. The van der Waals surface area contributed by atoms with Crippen LogP contribution in [-0.2, 0) is 19.6 Å². The Bertz CT molecular complexity index is 515. The van der Waals surface area contributed by atoms with Crippen molar-refractivity contribution in [2.24, 2.45) is 0 Å². The van der Waals surface area contributed by atoms with Crippen LogP contribution in [0.25, 0.3) is 0 Å². The fraction of sp³-hybridized carbons (Fsp3) is 0.500. The van der Waals surface area contributed by atoms with Crippen LogP contribution in [0.5, 0.6) is 0 Å². The lowest BCUT2D eigenvalue weighted by atomic mass is 10.4. The molecule has 108 valence electrons. The molecule has 1 aromatic rings. The van der Waals surface area contributed by atoms with Gasteiger partial charge in [0, 0.05) is 20.3 Å². The van der Waals surface area contributed by atoms with E-state index in [0.717, 1.165) is 11.3 Å². The van der Waals surface area contributed by atoms with E-state index in [0.29, 0.717) is 23.9 Å². The molecule has 1 heterocycles. The Morgan fingerprint density at radius 3 is 2.79 bits per heavy atom. The number of rotatable bonds is 8. The summed E-state index contributed by atoms with van der Waals surface area (Å²) in [5.74, 6) is -0.387. The molecule has 0 aliphatic heterocycles. The maximum atomic E-state index is 11.8. The van der Waals surface area contributed by atoms with Gasteiger partial charge < -0.3 is 10.1 Å². The number of methoxy groups -OCH3 is 1. The largest absolute Gasteiger partial charge is 0.385 e. The van der Waals surface area contributed by atoms with Crippen molar-refractivity contribution in [1.29, 1.82) is 0 Å². The SMILES string of the molecule is COCCCNC(=O)CNS(=O)(=O)c1ccc(Cl)s1. The number of carbonyl (C=O) groups excluding carboxylic acids is 1. The van der Waals surface area contributed by atoms with Gasteiger partial charge in [-0.15, -0.1) is 11.3 Å². The number of hydrogen-bond acceptors (Lipinski definition) is 5. The monoisotopic (exact) mass is 326 g/mol. The van der Waals surface area contributed by atoms with Crippen molar-refractivity contribution in [1.82, 2.24) is 10.0 Å². The summed E-state index contributed by atoms with van der Waals surface area (Å²) in [6.45, 7) is 0.684. The number of sulfonamides is 1. The summed E-state index contributed by atoms with van der Waals surface area (Å²) in [5, 5.41) is 2.58. The van der Waals surface area contributed by atoms with Crippen LogP contribution in [0.1, 0.15) is 6.42 Å². The number of thiophene rings is 1. The van der Waals surface area contributed by atoms with Gasteiger partial charge >= 0.3 is 0 Å². The van der Waals surface area contributed by atoms with Crippen LogP contribution >= 0.6 is 22.9 Å². The molecule has 0 radical (unpaired) electrons. The second-order valence-electron chi connectivity index (χ2n) is 3.58. The van der Waals surface area contributed by atoms with Gasteiger partial charge in [0.2, 0.25) is 5.91 Å². The number of hydrogen-bond donors (Lipinski definition) is 2. The van der Waals surface area contributed by atoms with Gasteiger partial charge in [0.15, 0.2) is 0 Å². The Morgan fingerprint density at radius 2 is 2.21 bits per heavy atom. The molecule has 9 heteroatoms. The van der Waals surface area contributed by atoms with Gasteiger partial charge in [-0.3, -0.25) is 4.79 Å². The Labute approximate surface area is 121 Å². The fourth-order valence-corrected chi connectivity index (χ4v) is 3.69. The summed E-state index contributed by atoms with van der Waals surface area (Å²) in [7, 11) is -2.10. The van der Waals surface area contributed by atoms with Crippen molar-refractivity contribution in [3.63, 3.8) is 0 Å². The Balaban J connectivity index is 2.37. The number of ether oxygens (including phenoxy) is 1. The van der Waals surface area contributed by atoms with Gasteiger partial charge in [-0.25, -0.2) is 13.1 Å². The quantitative estimate of drug-likeness (QED) is 0.693. The molecule has 0 bridgehead atoms. The molecule has 2 N–H and O–H groups in total. The predicted molar refractivity (Wildman–Crippen MR) is 74.0 cm³/mol. The summed E-state index contributed by atoms with van der Waals surface area (Å²) in [4.78, 5) is 11.4. The topological polar surface area (TPSA) is 84.5 Å². The van der Waals surface area contributed by atoms with E-state index < -0.39 is 10.0 Å². The van der Waals surface area contributed by atoms with Crippen molar-refractivity contribution in [3.05, 3.63) is 16.5 Å². The molecule has 0 unspecified atom stereocenters. The molecular formula is C10H15ClN2O4S2. The van der Waals surface area contributed by atoms with Crippen molar-refractivity contribution < 1.29 is 17.9 Å². The minimum absolute atomic E-state index is 0.0877. The van der Waals surface area contributed by atoms with E-state index in [1.807, 2.05) is 0 Å². The molecule has 19 heavy (non-hydrogen) atoms. The zero-order valence-electron chi connectivity index (χ0n) is 10.3. The summed E-state index contributed by atoms with van der Waals surface area (Å²) in [5.41, 5.74) is 0. The highest BCUT2D eigenvalue weighted by Gasteiger charge is 2.17. The van der Waals surface area contributed by atoms with Crippen molar-refractivity contribution in [2.75, 3.05) is 26.8 Å². The maximum absolute atomic E-state index is 11.8. The molecule has 0 spiro atoms. The predicted octanol–water partition coefficient (Wildman–Crippen LogP) is 0.833. The number of halogens is 1. The van der Waals surface area contributed by atoms with Crippen LogP contribution in [-0.4, -0.2) is 41.1 Å². The summed E-state index contributed by atoms with van der Waals surface area (Å²) < 4.78 is 31.0. The summed E-state index contributed by atoms with van der Waals surface area (Å²) >= 11 is 6.60. The van der Waals surface area contributed by atoms with Gasteiger partial charge in [-0.05, 0) is 18.6 Å². The molecular weight excluding hydrogens is 312 g/mol. The maximum Gasteiger partial charge on any atom is 0.250 e. The molecule has 0 atom stereocenters. The van der Waals surface area contributed by atoms with Crippen LogP contribution in [0.2, 0.25) is 4.34 Å². The standard InChI is InChI=1S/C10H15ClN2O4S2/c1-17-6-2-5-12-9(14)7-13-19(15,16)10-4-3-8(11)18-10/h3-4,13H,2,5-7H2,1H3,(H,12,14). The van der Waals surface area contributed by atoms with E-state index in [9.17, 15) is 13.2 Å². The second kappa shape index (κ2) is 7.81. The average molecular weight is 327 g/mol. The minimum Gasteiger partial charge on any atom is -0.385 e. The van der Waals surface area contributed by atoms with Crippen LogP contribution in [0, 0.1) is 0 Å². The molecule has 1 amide bonds.